The van der Waals surface area contributed by atoms with Crippen molar-refractivity contribution in [1.82, 2.24) is 5.32 Å². The molecule has 0 saturated heterocycles. The standard InChI is InChI=1S/C21H27NO/c1-6-19(16-9-7-15(2)8-10-16)22-20(23)17-11-13-18(14-12-17)21(3,4)5/h7-14,19H,6H2,1-5H3,(H,22,23)/t19-/m1/s1. The van der Waals surface area contributed by atoms with Crippen LogP contribution in [0.1, 0.15) is 67.2 Å². The molecule has 0 spiro atoms. The van der Waals surface area contributed by atoms with Crippen LogP contribution in [0.3, 0.4) is 0 Å². The van der Waals surface area contributed by atoms with Crippen LogP contribution in [-0.2, 0) is 5.41 Å². The predicted molar refractivity (Wildman–Crippen MR) is 96.8 cm³/mol. The molecule has 0 fully saturated rings. The maximum Gasteiger partial charge on any atom is 0.251 e. The van der Waals surface area contributed by atoms with Crippen molar-refractivity contribution in [1.29, 1.82) is 0 Å². The van der Waals surface area contributed by atoms with Gasteiger partial charge in [-0.15, -0.1) is 0 Å². The van der Waals surface area contributed by atoms with Gasteiger partial charge in [-0.25, -0.2) is 0 Å². The zero-order valence-electron chi connectivity index (χ0n) is 14.8. The maximum absolute atomic E-state index is 12.5. The first kappa shape index (κ1) is 17.3. The van der Waals surface area contributed by atoms with Crippen LogP contribution in [0.4, 0.5) is 0 Å². The van der Waals surface area contributed by atoms with Crippen molar-refractivity contribution in [2.45, 2.75) is 52.5 Å². The minimum absolute atomic E-state index is 0.0158. The maximum atomic E-state index is 12.5. The third-order valence-corrected chi connectivity index (χ3v) is 4.21. The van der Waals surface area contributed by atoms with Crippen LogP contribution in [0.15, 0.2) is 48.5 Å². The molecule has 23 heavy (non-hydrogen) atoms. The largest absolute Gasteiger partial charge is 0.345 e. The van der Waals surface area contributed by atoms with Crippen LogP contribution in [0, 0.1) is 6.92 Å². The molecule has 2 nitrogen and oxygen atoms in total. The average molecular weight is 309 g/mol. The smallest absolute Gasteiger partial charge is 0.251 e. The van der Waals surface area contributed by atoms with Gasteiger partial charge in [0.05, 0.1) is 6.04 Å². The first-order chi connectivity index (χ1) is 10.8. The molecule has 2 aromatic rings. The number of nitrogens with one attached hydrogen (secondary N) is 1. The molecule has 2 aromatic carbocycles. The van der Waals surface area contributed by atoms with E-state index >= 15 is 0 Å². The van der Waals surface area contributed by atoms with E-state index in [4.69, 9.17) is 0 Å². The van der Waals surface area contributed by atoms with Crippen molar-refractivity contribution >= 4 is 5.91 Å². The minimum atomic E-state index is -0.0158. The molecule has 0 heterocycles. The Balaban J connectivity index is 2.12. The highest BCUT2D eigenvalue weighted by molar-refractivity contribution is 5.94. The third-order valence-electron chi connectivity index (χ3n) is 4.21. The summed E-state index contributed by atoms with van der Waals surface area (Å²) in [7, 11) is 0. The van der Waals surface area contributed by atoms with Gasteiger partial charge < -0.3 is 5.32 Å². The van der Waals surface area contributed by atoms with Crippen LogP contribution < -0.4 is 5.32 Å². The molecule has 0 aliphatic rings. The molecule has 0 bridgehead atoms. The van der Waals surface area contributed by atoms with E-state index in [1.54, 1.807) is 0 Å². The van der Waals surface area contributed by atoms with Gasteiger partial charge in [-0.2, -0.15) is 0 Å². The molecule has 122 valence electrons. The summed E-state index contributed by atoms with van der Waals surface area (Å²) in [5.74, 6) is -0.0158. The molecule has 2 heteroatoms. The van der Waals surface area contributed by atoms with Crippen LogP contribution >= 0.6 is 0 Å². The van der Waals surface area contributed by atoms with E-state index in [1.807, 2.05) is 24.3 Å². The SMILES string of the molecule is CC[C@@H](NC(=O)c1ccc(C(C)(C)C)cc1)c1ccc(C)cc1. The number of benzene rings is 2. The lowest BCUT2D eigenvalue weighted by Crippen LogP contribution is -2.28. The average Bonchev–Trinajstić information content (AvgIpc) is 2.52. The van der Waals surface area contributed by atoms with E-state index in [0.29, 0.717) is 5.56 Å². The van der Waals surface area contributed by atoms with Crippen molar-refractivity contribution in [3.63, 3.8) is 0 Å². The van der Waals surface area contributed by atoms with Gasteiger partial charge in [0, 0.05) is 5.56 Å². The van der Waals surface area contributed by atoms with Gasteiger partial charge in [0.15, 0.2) is 0 Å². The van der Waals surface area contributed by atoms with Crippen LogP contribution in [-0.4, -0.2) is 5.91 Å². The lowest BCUT2D eigenvalue weighted by atomic mass is 9.86. The number of carbonyl (C=O) groups excluding carboxylic acids is 1. The topological polar surface area (TPSA) is 29.1 Å². The van der Waals surface area contributed by atoms with Crippen LogP contribution in [0.2, 0.25) is 0 Å². The molecular formula is C21H27NO. The second-order valence-electron chi connectivity index (χ2n) is 7.17. The van der Waals surface area contributed by atoms with Gasteiger partial charge in [-0.05, 0) is 42.0 Å². The number of hydrogen-bond donors (Lipinski definition) is 1. The second kappa shape index (κ2) is 6.99. The van der Waals surface area contributed by atoms with Gasteiger partial charge >= 0.3 is 0 Å². The fraction of sp³-hybridized carbons (Fsp3) is 0.381. The van der Waals surface area contributed by atoms with Crippen molar-refractivity contribution in [3.8, 4) is 0 Å². The van der Waals surface area contributed by atoms with E-state index in [-0.39, 0.29) is 17.4 Å². The van der Waals surface area contributed by atoms with Gasteiger partial charge in [0.2, 0.25) is 0 Å². The van der Waals surface area contributed by atoms with Crippen LogP contribution in [0.25, 0.3) is 0 Å². The molecule has 0 unspecified atom stereocenters. The number of carbonyl (C=O) groups is 1. The number of amides is 1. The van der Waals surface area contributed by atoms with Crippen molar-refractivity contribution in [3.05, 3.63) is 70.8 Å². The molecule has 2 rings (SSSR count). The van der Waals surface area contributed by atoms with Crippen molar-refractivity contribution in [2.24, 2.45) is 0 Å². The summed E-state index contributed by atoms with van der Waals surface area (Å²) in [6.07, 6.45) is 0.870. The lowest BCUT2D eigenvalue weighted by molar-refractivity contribution is 0.0935. The Morgan fingerprint density at radius 3 is 2.04 bits per heavy atom. The Morgan fingerprint density at radius 1 is 1.00 bits per heavy atom. The van der Waals surface area contributed by atoms with E-state index < -0.39 is 0 Å². The van der Waals surface area contributed by atoms with Crippen molar-refractivity contribution in [2.75, 3.05) is 0 Å². The first-order valence-corrected chi connectivity index (χ1v) is 8.29. The molecular weight excluding hydrogens is 282 g/mol. The van der Waals surface area contributed by atoms with E-state index in [1.165, 1.54) is 11.1 Å². The highest BCUT2D eigenvalue weighted by atomic mass is 16.1. The highest BCUT2D eigenvalue weighted by Crippen LogP contribution is 2.23. The van der Waals surface area contributed by atoms with E-state index in [0.717, 1.165) is 12.0 Å². The zero-order valence-corrected chi connectivity index (χ0v) is 14.8. The molecule has 0 aliphatic heterocycles. The Morgan fingerprint density at radius 2 is 1.57 bits per heavy atom. The summed E-state index contributed by atoms with van der Waals surface area (Å²) in [5, 5.41) is 3.14. The molecule has 0 aliphatic carbocycles. The molecule has 1 N–H and O–H groups in total. The van der Waals surface area contributed by atoms with Gasteiger partial charge in [-0.1, -0.05) is 69.7 Å². The van der Waals surface area contributed by atoms with Crippen LogP contribution in [0.5, 0.6) is 0 Å². The zero-order chi connectivity index (χ0) is 17.0. The quantitative estimate of drug-likeness (QED) is 0.829. The van der Waals surface area contributed by atoms with Crippen molar-refractivity contribution < 1.29 is 4.79 Å². The number of hydrogen-bond acceptors (Lipinski definition) is 1. The fourth-order valence-corrected chi connectivity index (χ4v) is 2.58. The highest BCUT2D eigenvalue weighted by Gasteiger charge is 2.16. The second-order valence-corrected chi connectivity index (χ2v) is 7.17. The van der Waals surface area contributed by atoms with Gasteiger partial charge in [0.1, 0.15) is 0 Å². The van der Waals surface area contributed by atoms with Gasteiger partial charge in [-0.3, -0.25) is 4.79 Å². The summed E-state index contributed by atoms with van der Waals surface area (Å²) >= 11 is 0. The molecule has 0 radical (unpaired) electrons. The normalized spacial score (nSPS) is 12.7. The number of rotatable bonds is 4. The Bertz CT molecular complexity index is 648. The molecule has 0 saturated carbocycles. The Labute approximate surface area is 139 Å². The predicted octanol–water partition coefficient (Wildman–Crippen LogP) is 5.17. The first-order valence-electron chi connectivity index (χ1n) is 8.29. The van der Waals surface area contributed by atoms with E-state index in [2.05, 4.69) is 64.2 Å². The Hall–Kier alpha value is -2.09. The lowest BCUT2D eigenvalue weighted by Gasteiger charge is -2.20. The summed E-state index contributed by atoms with van der Waals surface area (Å²) in [4.78, 5) is 12.5. The summed E-state index contributed by atoms with van der Waals surface area (Å²) in [6.45, 7) is 10.7. The molecule has 0 aromatic heterocycles. The monoisotopic (exact) mass is 309 g/mol. The molecule has 1 amide bonds. The molecule has 1 atom stereocenters. The van der Waals surface area contributed by atoms with Gasteiger partial charge in [0.25, 0.3) is 5.91 Å². The Kier molecular flexibility index (Phi) is 5.25. The summed E-state index contributed by atoms with van der Waals surface area (Å²) in [6, 6.07) is 16.3. The summed E-state index contributed by atoms with van der Waals surface area (Å²) in [5.41, 5.74) is 4.43. The minimum Gasteiger partial charge on any atom is -0.345 e. The summed E-state index contributed by atoms with van der Waals surface area (Å²) < 4.78 is 0. The number of aryl methyl sites for hydroxylation is 1. The fourth-order valence-electron chi connectivity index (χ4n) is 2.58. The third kappa shape index (κ3) is 4.44. The van der Waals surface area contributed by atoms with E-state index in [9.17, 15) is 4.79 Å².